The van der Waals surface area contributed by atoms with Crippen LogP contribution < -0.4 is 15.5 Å². The van der Waals surface area contributed by atoms with E-state index in [0.717, 1.165) is 11.4 Å². The molecule has 0 atom stereocenters. The molecule has 3 aromatic rings. The summed E-state index contributed by atoms with van der Waals surface area (Å²) in [5.41, 5.74) is 2.91. The Hall–Kier alpha value is -3.85. The van der Waals surface area contributed by atoms with Gasteiger partial charge < -0.3 is 15.5 Å². The van der Waals surface area contributed by atoms with Gasteiger partial charge in [-0.25, -0.2) is 4.98 Å². The molecule has 1 heterocycles. The minimum absolute atomic E-state index is 0.151. The van der Waals surface area contributed by atoms with E-state index in [2.05, 4.69) is 21.7 Å². The topological polar surface area (TPSA) is 81.1 Å². The number of anilines is 3. The van der Waals surface area contributed by atoms with Crippen molar-refractivity contribution in [2.75, 3.05) is 30.4 Å². The molecule has 3 rings (SSSR count). The molecule has 0 radical (unpaired) electrons. The molecule has 140 valence electrons. The molecule has 6 heteroatoms. The predicted octanol–water partition coefficient (Wildman–Crippen LogP) is 3.56. The molecule has 0 saturated heterocycles. The van der Waals surface area contributed by atoms with E-state index >= 15 is 0 Å². The van der Waals surface area contributed by atoms with Crippen molar-refractivity contribution in [2.45, 2.75) is 0 Å². The summed E-state index contributed by atoms with van der Waals surface area (Å²) in [5, 5.41) is 15.1. The van der Waals surface area contributed by atoms with Crippen LogP contribution in [0.25, 0.3) is 0 Å². The number of benzene rings is 2. The first-order chi connectivity index (χ1) is 13.7. The molecule has 6 nitrogen and oxygen atoms in total. The largest absolute Gasteiger partial charge is 0.367 e. The molecule has 28 heavy (non-hydrogen) atoms. The van der Waals surface area contributed by atoms with E-state index in [1.54, 1.807) is 18.3 Å². The van der Waals surface area contributed by atoms with E-state index in [4.69, 9.17) is 5.26 Å². The van der Waals surface area contributed by atoms with Gasteiger partial charge in [0.05, 0.1) is 16.8 Å². The van der Waals surface area contributed by atoms with Gasteiger partial charge in [-0.15, -0.1) is 0 Å². The number of pyridine rings is 1. The van der Waals surface area contributed by atoms with Gasteiger partial charge in [-0.1, -0.05) is 30.3 Å². The first kappa shape index (κ1) is 18.9. The number of hydrogen-bond donors (Lipinski definition) is 2. The molecule has 0 spiro atoms. The van der Waals surface area contributed by atoms with Gasteiger partial charge >= 0.3 is 0 Å². The van der Waals surface area contributed by atoms with Crippen LogP contribution in [-0.4, -0.2) is 31.0 Å². The van der Waals surface area contributed by atoms with Crippen molar-refractivity contribution in [1.29, 1.82) is 5.26 Å². The summed E-state index contributed by atoms with van der Waals surface area (Å²) in [6.07, 6.45) is 1.62. The molecule has 1 amide bonds. The van der Waals surface area contributed by atoms with Crippen LogP contribution in [-0.2, 0) is 0 Å². The van der Waals surface area contributed by atoms with Crippen LogP contribution in [0.5, 0.6) is 0 Å². The normalized spacial score (nSPS) is 10.0. The maximum atomic E-state index is 12.7. The molecular formula is C22H21N5O. The monoisotopic (exact) mass is 371 g/mol. The molecule has 0 bridgehead atoms. The second-order valence-electron chi connectivity index (χ2n) is 6.11. The standard InChI is InChI=1S/C22H21N5O/c1-27(18-9-3-2-4-10-18)20-12-6-5-11-19(20)22(28)26-15-14-25-21-17(16-23)8-7-13-24-21/h2-13H,14-15H2,1H3,(H,24,25)(H,26,28). The lowest BCUT2D eigenvalue weighted by atomic mass is 10.1. The summed E-state index contributed by atoms with van der Waals surface area (Å²) in [6, 6.07) is 22.9. The van der Waals surface area contributed by atoms with Gasteiger partial charge in [0.2, 0.25) is 0 Å². The van der Waals surface area contributed by atoms with E-state index in [-0.39, 0.29) is 5.91 Å². The Morgan fingerprint density at radius 2 is 1.79 bits per heavy atom. The van der Waals surface area contributed by atoms with E-state index < -0.39 is 0 Å². The second-order valence-corrected chi connectivity index (χ2v) is 6.11. The van der Waals surface area contributed by atoms with E-state index in [9.17, 15) is 4.79 Å². The molecule has 0 fully saturated rings. The zero-order chi connectivity index (χ0) is 19.8. The number of carbonyl (C=O) groups is 1. The number of rotatable bonds is 7. The fourth-order valence-corrected chi connectivity index (χ4v) is 2.84. The van der Waals surface area contributed by atoms with Crippen LogP contribution in [0, 0.1) is 11.3 Å². The van der Waals surface area contributed by atoms with Crippen LogP contribution >= 0.6 is 0 Å². The molecule has 0 unspecified atom stereocenters. The van der Waals surface area contributed by atoms with Gasteiger partial charge in [0, 0.05) is 32.0 Å². The summed E-state index contributed by atoms with van der Waals surface area (Å²) in [7, 11) is 1.94. The zero-order valence-electron chi connectivity index (χ0n) is 15.6. The Bertz CT molecular complexity index is 981. The van der Waals surface area contributed by atoms with Crippen molar-refractivity contribution < 1.29 is 4.79 Å². The van der Waals surface area contributed by atoms with E-state index in [1.807, 2.05) is 66.5 Å². The van der Waals surface area contributed by atoms with E-state index in [0.29, 0.717) is 30.0 Å². The second kappa shape index (κ2) is 9.19. The lowest BCUT2D eigenvalue weighted by molar-refractivity contribution is 0.0956. The highest BCUT2D eigenvalue weighted by atomic mass is 16.1. The molecule has 0 saturated carbocycles. The van der Waals surface area contributed by atoms with Crippen LogP contribution in [0.4, 0.5) is 17.2 Å². The fraction of sp³-hybridized carbons (Fsp3) is 0.136. The summed E-state index contributed by atoms with van der Waals surface area (Å²) in [6.45, 7) is 0.873. The van der Waals surface area contributed by atoms with Crippen LogP contribution in [0.15, 0.2) is 72.9 Å². The Balaban J connectivity index is 1.63. The quantitative estimate of drug-likeness (QED) is 0.621. The first-order valence-corrected chi connectivity index (χ1v) is 8.95. The van der Waals surface area contributed by atoms with Crippen LogP contribution in [0.3, 0.4) is 0 Å². The average molecular weight is 371 g/mol. The number of nitrogens with one attached hydrogen (secondary N) is 2. The van der Waals surface area contributed by atoms with Gasteiger partial charge in [0.1, 0.15) is 11.9 Å². The van der Waals surface area contributed by atoms with Gasteiger partial charge in [-0.2, -0.15) is 5.26 Å². The number of aromatic nitrogens is 1. The highest BCUT2D eigenvalue weighted by Crippen LogP contribution is 2.26. The third-order valence-electron chi connectivity index (χ3n) is 4.28. The van der Waals surface area contributed by atoms with Crippen LogP contribution in [0.1, 0.15) is 15.9 Å². The maximum Gasteiger partial charge on any atom is 0.253 e. The fourth-order valence-electron chi connectivity index (χ4n) is 2.84. The third kappa shape index (κ3) is 4.46. The minimum atomic E-state index is -0.151. The summed E-state index contributed by atoms with van der Waals surface area (Å²) in [5.74, 6) is 0.366. The van der Waals surface area contributed by atoms with Gasteiger partial charge in [0.25, 0.3) is 5.91 Å². The smallest absolute Gasteiger partial charge is 0.253 e. The Morgan fingerprint density at radius 3 is 2.57 bits per heavy atom. The summed E-state index contributed by atoms with van der Waals surface area (Å²) < 4.78 is 0. The third-order valence-corrected chi connectivity index (χ3v) is 4.28. The SMILES string of the molecule is CN(c1ccccc1)c1ccccc1C(=O)NCCNc1ncccc1C#N. The van der Waals surface area contributed by atoms with Crippen molar-refractivity contribution in [3.63, 3.8) is 0 Å². The highest BCUT2D eigenvalue weighted by molar-refractivity contribution is 6.00. The molecular weight excluding hydrogens is 350 g/mol. The number of amides is 1. The number of para-hydroxylation sites is 2. The van der Waals surface area contributed by atoms with E-state index in [1.165, 1.54) is 0 Å². The number of carbonyl (C=O) groups excluding carboxylic acids is 1. The lowest BCUT2D eigenvalue weighted by Gasteiger charge is -2.22. The molecule has 0 aliphatic heterocycles. The first-order valence-electron chi connectivity index (χ1n) is 8.95. The number of nitrogens with zero attached hydrogens (tertiary/aromatic N) is 3. The maximum absolute atomic E-state index is 12.7. The Morgan fingerprint density at radius 1 is 1.04 bits per heavy atom. The predicted molar refractivity (Wildman–Crippen MR) is 111 cm³/mol. The van der Waals surface area contributed by atoms with Crippen molar-refractivity contribution >= 4 is 23.1 Å². The van der Waals surface area contributed by atoms with Crippen molar-refractivity contribution in [3.05, 3.63) is 84.1 Å². The molecule has 2 aromatic carbocycles. The Labute approximate surface area is 164 Å². The molecule has 2 N–H and O–H groups in total. The Kier molecular flexibility index (Phi) is 6.21. The minimum Gasteiger partial charge on any atom is -0.367 e. The van der Waals surface area contributed by atoms with Gasteiger partial charge in [-0.3, -0.25) is 4.79 Å². The lowest BCUT2D eigenvalue weighted by Crippen LogP contribution is -2.30. The van der Waals surface area contributed by atoms with Gasteiger partial charge in [-0.05, 0) is 36.4 Å². The van der Waals surface area contributed by atoms with Crippen molar-refractivity contribution in [3.8, 4) is 6.07 Å². The van der Waals surface area contributed by atoms with Crippen LogP contribution in [0.2, 0.25) is 0 Å². The molecule has 0 aliphatic carbocycles. The highest BCUT2D eigenvalue weighted by Gasteiger charge is 2.14. The summed E-state index contributed by atoms with van der Waals surface area (Å²) >= 11 is 0. The number of hydrogen-bond acceptors (Lipinski definition) is 5. The summed E-state index contributed by atoms with van der Waals surface area (Å²) in [4.78, 5) is 18.8. The van der Waals surface area contributed by atoms with Crippen molar-refractivity contribution in [2.24, 2.45) is 0 Å². The number of nitriles is 1. The molecule has 1 aromatic heterocycles. The average Bonchev–Trinajstić information content (AvgIpc) is 2.77. The van der Waals surface area contributed by atoms with Gasteiger partial charge in [0.15, 0.2) is 0 Å². The molecule has 0 aliphatic rings. The van der Waals surface area contributed by atoms with Crippen molar-refractivity contribution in [1.82, 2.24) is 10.3 Å². The zero-order valence-corrected chi connectivity index (χ0v) is 15.6.